The van der Waals surface area contributed by atoms with Gasteiger partial charge in [0.1, 0.15) is 5.82 Å². The van der Waals surface area contributed by atoms with E-state index in [4.69, 9.17) is 0 Å². The highest BCUT2D eigenvalue weighted by Gasteiger charge is 2.16. The zero-order chi connectivity index (χ0) is 20.8. The molecule has 150 valence electrons. The number of likely N-dealkylation sites (N-methyl/N-ethyl adjacent to an activating group) is 1. The minimum atomic E-state index is -0.380. The molecule has 0 bridgehead atoms. The maximum atomic E-state index is 12.9. The van der Waals surface area contributed by atoms with Crippen molar-refractivity contribution in [2.45, 2.75) is 11.7 Å². The molecule has 2 aromatic carbocycles. The molecule has 1 N–H and O–H groups in total. The third-order valence-electron chi connectivity index (χ3n) is 4.19. The second-order valence-corrected chi connectivity index (χ2v) is 7.32. The zero-order valence-electron chi connectivity index (χ0n) is 16.0. The number of para-hydroxylation sites is 2. The standard InChI is InChI=1S/C21H21FN4O2S/c1-3-12-26-18-7-5-4-6-17(18)24-21(26)29-14-20(28)25(2)13-19(27)23-16-10-8-15(22)9-11-16/h3-11H,1,12-14H2,2H3,(H,23,27). The fourth-order valence-corrected chi connectivity index (χ4v) is 3.71. The Morgan fingerprint density at radius 1 is 1.24 bits per heavy atom. The number of halogens is 1. The number of allylic oxidation sites excluding steroid dienone is 1. The first-order valence-corrected chi connectivity index (χ1v) is 9.95. The maximum absolute atomic E-state index is 12.9. The molecule has 0 aliphatic rings. The monoisotopic (exact) mass is 412 g/mol. The van der Waals surface area contributed by atoms with E-state index in [1.54, 1.807) is 13.1 Å². The van der Waals surface area contributed by atoms with Gasteiger partial charge in [0.05, 0.1) is 23.3 Å². The third-order valence-corrected chi connectivity index (χ3v) is 5.15. The molecule has 0 aliphatic heterocycles. The molecule has 6 nitrogen and oxygen atoms in total. The van der Waals surface area contributed by atoms with E-state index < -0.39 is 0 Å². The summed E-state index contributed by atoms with van der Waals surface area (Å²) in [6, 6.07) is 13.2. The van der Waals surface area contributed by atoms with Gasteiger partial charge in [-0.3, -0.25) is 9.59 Å². The van der Waals surface area contributed by atoms with Gasteiger partial charge in [0.2, 0.25) is 11.8 Å². The molecule has 0 aliphatic carbocycles. The molecule has 0 saturated heterocycles. The number of aromatic nitrogens is 2. The smallest absolute Gasteiger partial charge is 0.243 e. The van der Waals surface area contributed by atoms with E-state index in [0.29, 0.717) is 12.2 Å². The first-order chi connectivity index (χ1) is 14.0. The molecule has 1 aromatic heterocycles. The lowest BCUT2D eigenvalue weighted by molar-refractivity contribution is -0.131. The normalized spacial score (nSPS) is 10.7. The molecule has 3 aromatic rings. The number of hydrogen-bond acceptors (Lipinski definition) is 4. The molecule has 29 heavy (non-hydrogen) atoms. The predicted octanol–water partition coefficient (Wildman–Crippen LogP) is 3.55. The Bertz CT molecular complexity index is 1030. The van der Waals surface area contributed by atoms with Crippen LogP contribution in [0.25, 0.3) is 11.0 Å². The van der Waals surface area contributed by atoms with Gasteiger partial charge in [-0.2, -0.15) is 0 Å². The molecule has 3 rings (SSSR count). The molecule has 0 atom stereocenters. The highest BCUT2D eigenvalue weighted by atomic mass is 32.2. The highest BCUT2D eigenvalue weighted by molar-refractivity contribution is 7.99. The van der Waals surface area contributed by atoms with E-state index >= 15 is 0 Å². The number of benzene rings is 2. The first-order valence-electron chi connectivity index (χ1n) is 8.96. The van der Waals surface area contributed by atoms with Crippen LogP contribution in [-0.4, -0.2) is 45.6 Å². The largest absolute Gasteiger partial charge is 0.336 e. The van der Waals surface area contributed by atoms with Crippen LogP contribution in [0.3, 0.4) is 0 Å². The van der Waals surface area contributed by atoms with Crippen molar-refractivity contribution in [2.24, 2.45) is 0 Å². The quantitative estimate of drug-likeness (QED) is 0.454. The lowest BCUT2D eigenvalue weighted by Crippen LogP contribution is -2.36. The minimum absolute atomic E-state index is 0.0974. The van der Waals surface area contributed by atoms with E-state index in [-0.39, 0.29) is 29.9 Å². The Morgan fingerprint density at radius 2 is 1.97 bits per heavy atom. The maximum Gasteiger partial charge on any atom is 0.243 e. The van der Waals surface area contributed by atoms with Crippen molar-refractivity contribution in [1.82, 2.24) is 14.5 Å². The highest BCUT2D eigenvalue weighted by Crippen LogP contribution is 2.24. The van der Waals surface area contributed by atoms with E-state index in [1.165, 1.54) is 40.9 Å². The molecular weight excluding hydrogens is 391 g/mol. The predicted molar refractivity (Wildman–Crippen MR) is 113 cm³/mol. The number of anilines is 1. The lowest BCUT2D eigenvalue weighted by Gasteiger charge is -2.16. The van der Waals surface area contributed by atoms with Gasteiger partial charge in [0, 0.05) is 19.3 Å². The number of amides is 2. The van der Waals surface area contributed by atoms with Crippen molar-refractivity contribution in [3.63, 3.8) is 0 Å². The number of rotatable bonds is 8. The molecule has 8 heteroatoms. The third kappa shape index (κ3) is 5.23. The topological polar surface area (TPSA) is 67.2 Å². The van der Waals surface area contributed by atoms with E-state index in [2.05, 4.69) is 16.9 Å². The summed E-state index contributed by atoms with van der Waals surface area (Å²) in [4.78, 5) is 30.5. The van der Waals surface area contributed by atoms with Crippen LogP contribution >= 0.6 is 11.8 Å². The van der Waals surface area contributed by atoms with Gasteiger partial charge in [-0.25, -0.2) is 9.37 Å². The number of nitrogens with one attached hydrogen (secondary N) is 1. The number of nitrogens with zero attached hydrogens (tertiary/aromatic N) is 3. The molecule has 0 saturated carbocycles. The summed E-state index contributed by atoms with van der Waals surface area (Å²) < 4.78 is 14.9. The summed E-state index contributed by atoms with van der Waals surface area (Å²) in [6.07, 6.45) is 1.78. The van der Waals surface area contributed by atoms with Crippen molar-refractivity contribution in [3.8, 4) is 0 Å². The van der Waals surface area contributed by atoms with Crippen LogP contribution in [0.1, 0.15) is 0 Å². The fraction of sp³-hybridized carbons (Fsp3) is 0.190. The van der Waals surface area contributed by atoms with Crippen LogP contribution in [0.15, 0.2) is 66.3 Å². The van der Waals surface area contributed by atoms with Gasteiger partial charge in [0.15, 0.2) is 5.16 Å². The molecule has 1 heterocycles. The second kappa shape index (κ2) is 9.38. The summed E-state index contributed by atoms with van der Waals surface area (Å²) >= 11 is 1.32. The van der Waals surface area contributed by atoms with Crippen LogP contribution in [0.2, 0.25) is 0 Å². The van der Waals surface area contributed by atoms with Crippen molar-refractivity contribution >= 4 is 40.3 Å². The van der Waals surface area contributed by atoms with Crippen molar-refractivity contribution in [2.75, 3.05) is 24.7 Å². The molecule has 0 radical (unpaired) electrons. The number of imidazole rings is 1. The Morgan fingerprint density at radius 3 is 2.69 bits per heavy atom. The van der Waals surface area contributed by atoms with E-state index in [0.717, 1.165) is 16.2 Å². The molecule has 0 fully saturated rings. The van der Waals surface area contributed by atoms with E-state index in [9.17, 15) is 14.0 Å². The van der Waals surface area contributed by atoms with Crippen molar-refractivity contribution < 1.29 is 14.0 Å². The van der Waals surface area contributed by atoms with Gasteiger partial charge < -0.3 is 14.8 Å². The Balaban J connectivity index is 1.58. The minimum Gasteiger partial charge on any atom is -0.336 e. The summed E-state index contributed by atoms with van der Waals surface area (Å²) in [7, 11) is 1.57. The molecule has 0 unspecified atom stereocenters. The fourth-order valence-electron chi connectivity index (χ4n) is 2.74. The molecule has 2 amide bonds. The number of hydrogen-bond donors (Lipinski definition) is 1. The van der Waals surface area contributed by atoms with Crippen LogP contribution < -0.4 is 5.32 Å². The Labute approximate surface area is 172 Å². The number of carbonyl (C=O) groups excluding carboxylic acids is 2. The van der Waals surface area contributed by atoms with Crippen LogP contribution in [-0.2, 0) is 16.1 Å². The number of carbonyl (C=O) groups is 2. The lowest BCUT2D eigenvalue weighted by atomic mass is 10.3. The van der Waals surface area contributed by atoms with Gasteiger partial charge in [-0.1, -0.05) is 30.0 Å². The van der Waals surface area contributed by atoms with E-state index in [1.807, 2.05) is 28.8 Å². The summed E-state index contributed by atoms with van der Waals surface area (Å²) in [5, 5.41) is 3.36. The van der Waals surface area contributed by atoms with Crippen molar-refractivity contribution in [3.05, 3.63) is 67.0 Å². The Kier molecular flexibility index (Phi) is 6.66. The van der Waals surface area contributed by atoms with Crippen LogP contribution in [0.5, 0.6) is 0 Å². The molecule has 0 spiro atoms. The van der Waals surface area contributed by atoms with Crippen LogP contribution in [0.4, 0.5) is 10.1 Å². The average molecular weight is 412 g/mol. The zero-order valence-corrected chi connectivity index (χ0v) is 16.8. The van der Waals surface area contributed by atoms with Gasteiger partial charge in [-0.15, -0.1) is 6.58 Å². The average Bonchev–Trinajstić information content (AvgIpc) is 3.05. The van der Waals surface area contributed by atoms with Crippen LogP contribution in [0, 0.1) is 5.82 Å². The van der Waals surface area contributed by atoms with Gasteiger partial charge in [-0.05, 0) is 36.4 Å². The summed E-state index contributed by atoms with van der Waals surface area (Å²) in [5.74, 6) is -0.770. The second-order valence-electron chi connectivity index (χ2n) is 6.38. The van der Waals surface area contributed by atoms with Gasteiger partial charge >= 0.3 is 0 Å². The Hall–Kier alpha value is -3.13. The summed E-state index contributed by atoms with van der Waals surface area (Å²) in [6.45, 7) is 4.27. The molecular formula is C21H21FN4O2S. The SMILES string of the molecule is C=CCn1c(SCC(=O)N(C)CC(=O)Nc2ccc(F)cc2)nc2ccccc21. The van der Waals surface area contributed by atoms with Gasteiger partial charge in [0.25, 0.3) is 0 Å². The number of thioether (sulfide) groups is 1. The van der Waals surface area contributed by atoms with Crippen molar-refractivity contribution in [1.29, 1.82) is 0 Å². The first kappa shape index (κ1) is 20.6. The summed E-state index contributed by atoms with van der Waals surface area (Å²) in [5.41, 5.74) is 2.32. The number of fused-ring (bicyclic) bond motifs is 1.